The van der Waals surface area contributed by atoms with E-state index in [0.717, 1.165) is 21.8 Å². The highest BCUT2D eigenvalue weighted by Crippen LogP contribution is 2.21. The number of H-pyrrole nitrogens is 3. The molecule has 0 spiro atoms. The number of aromatic nitrogens is 4. The van der Waals surface area contributed by atoms with Gasteiger partial charge in [0, 0.05) is 71.8 Å². The number of imidazole rings is 1. The van der Waals surface area contributed by atoms with E-state index in [4.69, 9.17) is 12.9 Å². The van der Waals surface area contributed by atoms with Gasteiger partial charge in [-0.1, -0.05) is 66.7 Å². The summed E-state index contributed by atoms with van der Waals surface area (Å²) in [6.45, 7) is 1.74. The molecule has 0 aliphatic heterocycles. The first kappa shape index (κ1) is 43.3. The topological polar surface area (TPSA) is 301 Å². The molecule has 0 aliphatic carbocycles. The second kappa shape index (κ2) is 22.2. The summed E-state index contributed by atoms with van der Waals surface area (Å²) in [6.07, 6.45) is 7.56. The van der Waals surface area contributed by atoms with Gasteiger partial charge in [0.2, 0.25) is 35.4 Å². The number of carbonyl (C=O) groups is 6. The van der Waals surface area contributed by atoms with Crippen LogP contribution in [0.2, 0.25) is 2.82 Å². The van der Waals surface area contributed by atoms with Crippen molar-refractivity contribution in [3.05, 3.63) is 126 Å². The summed E-state index contributed by atoms with van der Waals surface area (Å²) in [4.78, 5) is 96.2. The van der Waals surface area contributed by atoms with Crippen molar-refractivity contribution in [1.82, 2.24) is 46.5 Å². The van der Waals surface area contributed by atoms with Crippen molar-refractivity contribution in [2.45, 2.75) is 88.1 Å². The summed E-state index contributed by atoms with van der Waals surface area (Å²) >= 11 is 0. The molecular weight excluding hydrogens is 817 g/mol. The number of benzene rings is 3. The zero-order valence-electron chi connectivity index (χ0n) is 37.4. The molecule has 0 fully saturated rings. The Bertz CT molecular complexity index is 2590. The number of hydrogen-bond donors (Lipinski definition) is 11. The minimum absolute atomic E-state index is 0.00701. The quantitative estimate of drug-likeness (QED) is 0.0387. The fraction of sp³-hybridized carbons (Fsp3) is 0.326. The van der Waals surface area contributed by atoms with Gasteiger partial charge in [0.25, 0.3) is 0 Å². The number of fused-ring (bicyclic) bond motifs is 2. The van der Waals surface area contributed by atoms with Crippen molar-refractivity contribution in [2.75, 3.05) is 6.54 Å². The third-order valence-corrected chi connectivity index (χ3v) is 11.0. The van der Waals surface area contributed by atoms with Crippen molar-refractivity contribution in [3.8, 4) is 0 Å². The van der Waals surface area contributed by atoms with Crippen LogP contribution < -0.4 is 43.8 Å². The normalized spacial score (nSPS) is 14.5. The van der Waals surface area contributed by atoms with Crippen molar-refractivity contribution in [1.29, 1.82) is 0 Å². The van der Waals surface area contributed by atoms with Crippen LogP contribution in [0.3, 0.4) is 0 Å². The molecule has 0 unspecified atom stereocenters. The van der Waals surface area contributed by atoms with Gasteiger partial charge < -0.3 is 58.7 Å². The predicted octanol–water partition coefficient (Wildman–Crippen LogP) is 1.03. The van der Waals surface area contributed by atoms with Gasteiger partial charge >= 0.3 is 0 Å². The van der Waals surface area contributed by atoms with Crippen LogP contribution in [0, 0.1) is 0 Å². The van der Waals surface area contributed by atoms with Crippen LogP contribution in [-0.4, -0.2) is 98.2 Å². The molecule has 0 saturated heterocycles. The molecule has 64 heavy (non-hydrogen) atoms. The molecule has 0 saturated carbocycles. The van der Waals surface area contributed by atoms with Crippen LogP contribution in [0.4, 0.5) is 0 Å². The second-order valence-electron chi connectivity index (χ2n) is 15.7. The average molecular weight is 875 g/mol. The lowest BCUT2D eigenvalue weighted by molar-refractivity contribution is -0.134. The summed E-state index contributed by atoms with van der Waals surface area (Å²) in [6, 6.07) is 16.0. The molecule has 18 heteroatoms. The Labute approximate surface area is 372 Å². The van der Waals surface area contributed by atoms with E-state index in [0.29, 0.717) is 47.1 Å². The SMILES string of the molecule is [2H]N[C@@H](Cc1cnc[nH]1)C(=O)N[C@@H](Cc1c[nH]c2ccccc12)C(=O)N[C@@H](C)C(=O)N([2H])[C@@H](Cc1c[nH]c2ccccc12)C(=O)N[C@@H](Cc1ccccc1)C(=O)N[C@@H](CCCCN)C(N)=O. The van der Waals surface area contributed by atoms with Gasteiger partial charge in [-0.05, 0) is 61.6 Å². The smallest absolute Gasteiger partial charge is 0.243 e. The van der Waals surface area contributed by atoms with Crippen molar-refractivity contribution >= 4 is 57.2 Å². The van der Waals surface area contributed by atoms with E-state index < -0.39 is 71.7 Å². The summed E-state index contributed by atoms with van der Waals surface area (Å²) in [7, 11) is 0. The molecule has 18 nitrogen and oxygen atoms in total. The van der Waals surface area contributed by atoms with Gasteiger partial charge in [-0.3, -0.25) is 28.8 Å². The number of amides is 6. The first-order valence-corrected chi connectivity index (χ1v) is 21.2. The summed E-state index contributed by atoms with van der Waals surface area (Å²) < 4.78 is 17.1. The number of carbonyl (C=O) groups excluding carboxylic acids is 6. The molecule has 6 aromatic rings. The zero-order chi connectivity index (χ0) is 47.2. The molecule has 6 amide bonds. The molecule has 336 valence electrons. The van der Waals surface area contributed by atoms with E-state index >= 15 is 0 Å². The monoisotopic (exact) mass is 874 g/mol. The molecule has 3 aromatic carbocycles. The Morgan fingerprint density at radius 3 is 1.83 bits per heavy atom. The Hall–Kier alpha value is -7.31. The molecule has 3 aromatic heterocycles. The largest absolute Gasteiger partial charge is 0.368 e. The highest BCUT2D eigenvalue weighted by molar-refractivity contribution is 5.97. The van der Waals surface area contributed by atoms with Crippen LogP contribution in [-0.2, 0) is 54.5 Å². The highest BCUT2D eigenvalue weighted by Gasteiger charge is 2.33. The maximum Gasteiger partial charge on any atom is 0.243 e. The van der Waals surface area contributed by atoms with Crippen molar-refractivity contribution in [2.24, 2.45) is 17.2 Å². The van der Waals surface area contributed by atoms with Crippen LogP contribution >= 0.6 is 0 Å². The number of nitrogens with one attached hydrogen (secondary N) is 8. The van der Waals surface area contributed by atoms with E-state index in [1.54, 1.807) is 42.7 Å². The van der Waals surface area contributed by atoms with Crippen LogP contribution in [0.15, 0.2) is 104 Å². The molecule has 0 aliphatic rings. The van der Waals surface area contributed by atoms with Crippen molar-refractivity contribution < 1.29 is 31.6 Å². The molecule has 14 N–H and O–H groups in total. The zero-order valence-corrected chi connectivity index (χ0v) is 35.4. The van der Waals surface area contributed by atoms with E-state index in [-0.39, 0.29) is 32.1 Å². The fourth-order valence-corrected chi connectivity index (χ4v) is 7.44. The van der Waals surface area contributed by atoms with Crippen LogP contribution in [0.1, 0.15) is 48.6 Å². The van der Waals surface area contributed by atoms with E-state index in [9.17, 15) is 30.2 Å². The summed E-state index contributed by atoms with van der Waals surface area (Å²) in [5.74, 6) is -4.71. The number of rotatable bonds is 24. The van der Waals surface area contributed by atoms with Gasteiger partial charge in [-0.15, -0.1) is 0 Å². The number of hydrogen-bond acceptors (Lipinski definition) is 9. The Kier molecular flexibility index (Phi) is 15.0. The minimum atomic E-state index is -1.55. The van der Waals surface area contributed by atoms with Gasteiger partial charge in [0.15, 0.2) is 1.41 Å². The van der Waals surface area contributed by atoms with Gasteiger partial charge in [0.05, 0.1) is 12.4 Å². The summed E-state index contributed by atoms with van der Waals surface area (Å²) in [5.41, 5.74) is 17.6. The van der Waals surface area contributed by atoms with Crippen LogP contribution in [0.25, 0.3) is 21.8 Å². The average Bonchev–Trinajstić information content (AvgIpc) is 4.10. The lowest BCUT2D eigenvalue weighted by Gasteiger charge is -2.26. The number of nitrogens with zero attached hydrogens (tertiary/aromatic N) is 1. The van der Waals surface area contributed by atoms with Gasteiger partial charge in [-0.2, -0.15) is 0 Å². The lowest BCUT2D eigenvalue weighted by atomic mass is 10.0. The first-order chi connectivity index (χ1) is 31.9. The van der Waals surface area contributed by atoms with E-state index in [1.807, 2.05) is 48.5 Å². The number of aromatic amines is 3. The summed E-state index contributed by atoms with van der Waals surface area (Å²) in [5, 5.41) is 12.8. The van der Waals surface area contributed by atoms with E-state index in [1.165, 1.54) is 19.4 Å². The first-order valence-electron chi connectivity index (χ1n) is 22.1. The van der Waals surface area contributed by atoms with Crippen LogP contribution in [0.5, 0.6) is 0 Å². The standard InChI is InChI=1S/C46H56N12O6/c1-27(54-44(62)39(20-29-23-51-35-15-7-5-13-32(29)35)57-43(61)34(48)22-31-25-50-26-53-31)42(60)56-40(21-30-24-52-36-16-8-6-14-33(30)36)46(64)58-38(19-28-11-3-2-4-12-28)45(63)55-37(41(49)59)17-9-10-18-47/h2-8,11-16,23-27,34,37-40,51-52H,9-10,17-22,47-48H2,1H3,(H2,49,59)(H,50,53)(H,54,62)(H,55,63)(H,56,60)(H,57,61)(H,58,64)/t27-,34-,37-,38-,39-,40-/m0/s1/i/hD2. The number of primary amides is 1. The molecule has 0 bridgehead atoms. The fourth-order valence-electron chi connectivity index (χ4n) is 7.44. The third kappa shape index (κ3) is 12.4. The number of nitrogens with two attached hydrogens (primary N) is 3. The third-order valence-electron chi connectivity index (χ3n) is 11.0. The predicted molar refractivity (Wildman–Crippen MR) is 242 cm³/mol. The van der Waals surface area contributed by atoms with Crippen molar-refractivity contribution in [3.63, 3.8) is 0 Å². The number of unbranched alkanes of at least 4 members (excludes halogenated alkanes) is 1. The highest BCUT2D eigenvalue weighted by atomic mass is 16.2. The van der Waals surface area contributed by atoms with Gasteiger partial charge in [0.1, 0.15) is 31.6 Å². The Balaban J connectivity index is 1.25. The lowest BCUT2D eigenvalue weighted by Crippen LogP contribution is -2.59. The second-order valence-corrected chi connectivity index (χ2v) is 15.7. The molecule has 6 rings (SSSR count). The maximum atomic E-state index is 14.6. The van der Waals surface area contributed by atoms with Gasteiger partial charge in [-0.25, -0.2) is 4.98 Å². The Morgan fingerprint density at radius 1 is 0.656 bits per heavy atom. The minimum Gasteiger partial charge on any atom is -0.368 e. The molecule has 3 heterocycles. The molecule has 0 radical (unpaired) electrons. The molecular formula is C46H56N12O6. The number of para-hydroxylation sites is 2. The Morgan fingerprint density at radius 2 is 1.22 bits per heavy atom. The molecule has 6 atom stereocenters. The maximum absolute atomic E-state index is 14.6. The van der Waals surface area contributed by atoms with E-state index in [2.05, 4.69) is 46.9 Å².